The summed E-state index contributed by atoms with van der Waals surface area (Å²) < 4.78 is 4.63. The molecular formula is C18H19NaO4. The summed E-state index contributed by atoms with van der Waals surface area (Å²) in [6.45, 7) is 1.14. The summed E-state index contributed by atoms with van der Waals surface area (Å²) in [4.78, 5) is 23.2. The molecule has 0 unspecified atom stereocenters. The molecule has 0 aliphatic carbocycles. The van der Waals surface area contributed by atoms with Crippen LogP contribution in [0.2, 0.25) is 0 Å². The molecular weight excluding hydrogens is 303 g/mol. The van der Waals surface area contributed by atoms with Crippen molar-refractivity contribution >= 4 is 11.9 Å². The van der Waals surface area contributed by atoms with Crippen LogP contribution in [-0.4, -0.2) is 22.6 Å². The van der Waals surface area contributed by atoms with Gasteiger partial charge in [-0.25, -0.2) is 4.79 Å². The molecule has 0 amide bonds. The van der Waals surface area contributed by atoms with Gasteiger partial charge in [0.15, 0.2) is 5.60 Å². The van der Waals surface area contributed by atoms with Gasteiger partial charge in [-0.15, -0.1) is 0 Å². The maximum absolute atomic E-state index is 12.2. The van der Waals surface area contributed by atoms with E-state index in [1.165, 1.54) is 0 Å². The van der Waals surface area contributed by atoms with Crippen molar-refractivity contribution in [3.63, 3.8) is 0 Å². The number of ether oxygens (including phenoxy) is 1. The Bertz CT molecular complexity index is 605. The summed E-state index contributed by atoms with van der Waals surface area (Å²) in [7, 11) is 0. The predicted molar refractivity (Wildman–Crippen MR) is 83.1 cm³/mol. The first kappa shape index (κ1) is 19.6. The number of rotatable bonds is 5. The summed E-state index contributed by atoms with van der Waals surface area (Å²) in [6.07, 6.45) is 0.156. The third kappa shape index (κ3) is 5.92. The van der Waals surface area contributed by atoms with E-state index in [1.54, 1.807) is 0 Å². The van der Waals surface area contributed by atoms with Gasteiger partial charge in [0.2, 0.25) is 0 Å². The first-order valence-corrected chi connectivity index (χ1v) is 7.03. The van der Waals surface area contributed by atoms with E-state index in [2.05, 4.69) is 4.74 Å². The Morgan fingerprint density at radius 3 is 1.70 bits per heavy atom. The van der Waals surface area contributed by atoms with E-state index in [1.807, 2.05) is 60.7 Å². The average molecular weight is 322 g/mol. The Kier molecular flexibility index (Phi) is 7.65. The molecule has 1 N–H and O–H groups in total. The molecule has 0 aliphatic heterocycles. The fourth-order valence-corrected chi connectivity index (χ4v) is 2.30. The molecule has 23 heavy (non-hydrogen) atoms. The number of carbonyl (C=O) groups is 2. The maximum atomic E-state index is 12.2. The average Bonchev–Trinajstić information content (AvgIpc) is 2.48. The first-order chi connectivity index (χ1) is 10.5. The molecule has 0 atom stereocenters. The van der Waals surface area contributed by atoms with Crippen LogP contribution in [0.5, 0.6) is 0 Å². The molecule has 0 saturated heterocycles. The van der Waals surface area contributed by atoms with Crippen LogP contribution in [0.25, 0.3) is 0 Å². The van der Waals surface area contributed by atoms with E-state index in [4.69, 9.17) is 0 Å². The fraction of sp³-hybridized carbons (Fsp3) is 0.222. The zero-order valence-corrected chi connectivity index (χ0v) is 15.4. The van der Waals surface area contributed by atoms with Crippen molar-refractivity contribution in [2.24, 2.45) is 0 Å². The summed E-state index contributed by atoms with van der Waals surface area (Å²) in [5.41, 5.74) is -0.197. The Morgan fingerprint density at radius 1 is 0.957 bits per heavy atom. The van der Waals surface area contributed by atoms with Crippen LogP contribution in [-0.2, 0) is 27.2 Å². The number of benzene rings is 2. The Hall–Kier alpha value is -1.46. The van der Waals surface area contributed by atoms with E-state index in [0.717, 1.165) is 18.1 Å². The molecule has 0 radical (unpaired) electrons. The SMILES string of the molecule is CC(=O)OC(=O)C(O)(Cc1ccccc1)Cc1ccccc1.[H-].[Na+]. The molecule has 2 aromatic carbocycles. The molecule has 5 heteroatoms. The number of hydrogen-bond donors (Lipinski definition) is 1. The van der Waals surface area contributed by atoms with E-state index in [-0.39, 0.29) is 43.8 Å². The van der Waals surface area contributed by atoms with Crippen molar-refractivity contribution in [1.82, 2.24) is 0 Å². The van der Waals surface area contributed by atoms with Crippen molar-refractivity contribution in [2.75, 3.05) is 0 Å². The van der Waals surface area contributed by atoms with Gasteiger partial charge in [0.05, 0.1) is 0 Å². The van der Waals surface area contributed by atoms with E-state index >= 15 is 0 Å². The van der Waals surface area contributed by atoms with Gasteiger partial charge < -0.3 is 11.3 Å². The van der Waals surface area contributed by atoms with Gasteiger partial charge in [-0.05, 0) is 11.1 Å². The zero-order chi connectivity index (χ0) is 16.0. The third-order valence-electron chi connectivity index (χ3n) is 3.30. The van der Waals surface area contributed by atoms with Gasteiger partial charge in [0.1, 0.15) is 0 Å². The van der Waals surface area contributed by atoms with Crippen LogP contribution < -0.4 is 29.6 Å². The number of esters is 2. The van der Waals surface area contributed by atoms with Crippen LogP contribution in [0, 0.1) is 0 Å². The first-order valence-electron chi connectivity index (χ1n) is 7.03. The van der Waals surface area contributed by atoms with Crippen molar-refractivity contribution in [3.8, 4) is 0 Å². The van der Waals surface area contributed by atoms with Gasteiger partial charge in [0, 0.05) is 19.8 Å². The molecule has 0 aliphatic rings. The largest absolute Gasteiger partial charge is 1.00 e. The number of carbonyl (C=O) groups excluding carboxylic acids is 2. The van der Waals surface area contributed by atoms with Gasteiger partial charge in [0.25, 0.3) is 0 Å². The van der Waals surface area contributed by atoms with Crippen LogP contribution in [0.15, 0.2) is 60.7 Å². The number of aliphatic hydroxyl groups is 1. The molecule has 0 spiro atoms. The van der Waals surface area contributed by atoms with Crippen LogP contribution in [0.3, 0.4) is 0 Å². The predicted octanol–water partition coefficient (Wildman–Crippen LogP) is -0.591. The molecule has 0 saturated carbocycles. The molecule has 0 fully saturated rings. The van der Waals surface area contributed by atoms with Crippen molar-refractivity contribution < 1.29 is 50.4 Å². The minimum atomic E-state index is -1.78. The van der Waals surface area contributed by atoms with Gasteiger partial charge in [-0.3, -0.25) is 4.79 Å². The molecule has 0 bridgehead atoms. The fourth-order valence-electron chi connectivity index (χ4n) is 2.30. The van der Waals surface area contributed by atoms with Crippen LogP contribution in [0.1, 0.15) is 19.5 Å². The maximum Gasteiger partial charge on any atom is 1.00 e. The Balaban J connectivity index is 0.00000264. The summed E-state index contributed by atoms with van der Waals surface area (Å²) in [5, 5.41) is 10.8. The molecule has 116 valence electrons. The Labute approximate surface area is 159 Å². The minimum Gasteiger partial charge on any atom is -1.00 e. The summed E-state index contributed by atoms with van der Waals surface area (Å²) in [5.74, 6) is -1.66. The van der Waals surface area contributed by atoms with Crippen molar-refractivity contribution in [1.29, 1.82) is 0 Å². The topological polar surface area (TPSA) is 63.6 Å². The molecule has 4 nitrogen and oxygen atoms in total. The second-order valence-electron chi connectivity index (χ2n) is 5.24. The van der Waals surface area contributed by atoms with Crippen LogP contribution >= 0.6 is 0 Å². The van der Waals surface area contributed by atoms with Gasteiger partial charge in [-0.2, -0.15) is 0 Å². The monoisotopic (exact) mass is 322 g/mol. The van der Waals surface area contributed by atoms with E-state index in [0.29, 0.717) is 0 Å². The molecule has 0 heterocycles. The van der Waals surface area contributed by atoms with Crippen molar-refractivity contribution in [2.45, 2.75) is 25.4 Å². The molecule has 2 aromatic rings. The number of hydrogen-bond acceptors (Lipinski definition) is 4. The van der Waals surface area contributed by atoms with Crippen LogP contribution in [0.4, 0.5) is 0 Å². The summed E-state index contributed by atoms with van der Waals surface area (Å²) >= 11 is 0. The normalized spacial score (nSPS) is 10.5. The van der Waals surface area contributed by atoms with Crippen molar-refractivity contribution in [3.05, 3.63) is 71.8 Å². The zero-order valence-electron chi connectivity index (χ0n) is 14.4. The second kappa shape index (κ2) is 8.99. The summed E-state index contributed by atoms with van der Waals surface area (Å²) in [6, 6.07) is 18.3. The third-order valence-corrected chi connectivity index (χ3v) is 3.30. The van der Waals surface area contributed by atoms with E-state index < -0.39 is 17.5 Å². The molecule has 2 rings (SSSR count). The van der Waals surface area contributed by atoms with Gasteiger partial charge in [-0.1, -0.05) is 60.7 Å². The smallest absolute Gasteiger partial charge is 1.00 e. The standard InChI is InChI=1S/C18H18O4.Na.H/c1-14(19)22-17(20)18(21,12-15-8-4-2-5-9-15)13-16-10-6-3-7-11-16;;/h2-11,21H,12-13H2,1H3;;/q;+1;-1. The van der Waals surface area contributed by atoms with E-state index in [9.17, 15) is 14.7 Å². The Morgan fingerprint density at radius 2 is 1.35 bits per heavy atom. The quantitative estimate of drug-likeness (QED) is 0.454. The van der Waals surface area contributed by atoms with Gasteiger partial charge >= 0.3 is 41.5 Å². The molecule has 0 aromatic heterocycles. The second-order valence-corrected chi connectivity index (χ2v) is 5.24. The minimum absolute atomic E-state index is 0.